The summed E-state index contributed by atoms with van der Waals surface area (Å²) in [5.74, 6) is 0.943. The van der Waals surface area contributed by atoms with Crippen LogP contribution in [0, 0.1) is 5.92 Å². The molecule has 1 aliphatic rings. The summed E-state index contributed by atoms with van der Waals surface area (Å²) in [6.07, 6.45) is 7.07. The lowest BCUT2D eigenvalue weighted by atomic mass is 9.81. The Morgan fingerprint density at radius 2 is 2.15 bits per heavy atom. The van der Waals surface area contributed by atoms with Crippen molar-refractivity contribution in [1.29, 1.82) is 0 Å². The van der Waals surface area contributed by atoms with Gasteiger partial charge in [-0.25, -0.2) is 4.98 Å². The molecule has 1 fully saturated rings. The van der Waals surface area contributed by atoms with Crippen LogP contribution in [0.15, 0.2) is 40.6 Å². The summed E-state index contributed by atoms with van der Waals surface area (Å²) < 4.78 is 0. The molecule has 1 saturated carbocycles. The van der Waals surface area contributed by atoms with E-state index in [4.69, 9.17) is 0 Å². The molecule has 4 nitrogen and oxygen atoms in total. The Labute approximate surface area is 123 Å². The first-order valence-electron chi connectivity index (χ1n) is 7.19. The van der Waals surface area contributed by atoms with Crippen LogP contribution in [0.1, 0.15) is 32.6 Å². The van der Waals surface area contributed by atoms with Crippen LogP contribution in [0.4, 0.5) is 5.69 Å². The van der Waals surface area contributed by atoms with Gasteiger partial charge in [0.2, 0.25) is 0 Å². The third kappa shape index (κ3) is 3.54. The van der Waals surface area contributed by atoms with E-state index >= 15 is 0 Å². The van der Waals surface area contributed by atoms with E-state index in [1.807, 2.05) is 0 Å². The summed E-state index contributed by atoms with van der Waals surface area (Å²) in [5.41, 5.74) is 1.19. The van der Waals surface area contributed by atoms with Crippen LogP contribution >= 0.6 is 11.8 Å². The molecule has 106 valence electrons. The molecule has 1 atom stereocenters. The normalized spacial score (nSPS) is 16.6. The van der Waals surface area contributed by atoms with Gasteiger partial charge in [0.05, 0.1) is 0 Å². The van der Waals surface area contributed by atoms with Crippen molar-refractivity contribution >= 4 is 17.4 Å². The molecule has 0 amide bonds. The van der Waals surface area contributed by atoms with Crippen molar-refractivity contribution in [2.75, 3.05) is 5.32 Å². The number of rotatable bonds is 6. The molecule has 0 saturated heterocycles. The summed E-state index contributed by atoms with van der Waals surface area (Å²) in [7, 11) is 0. The Morgan fingerprint density at radius 3 is 2.75 bits per heavy atom. The summed E-state index contributed by atoms with van der Waals surface area (Å²) in [6.45, 7) is 2.27. The Morgan fingerprint density at radius 1 is 1.35 bits per heavy atom. The standard InChI is InChI=1S/C15H20N4S/c1-11(9-12-3-2-4-12)18-13-5-7-14(8-6-13)20-15-16-10-17-19-15/h5-8,10-12,18H,2-4,9H2,1H3,(H,16,17,19). The highest BCUT2D eigenvalue weighted by Crippen LogP contribution is 2.31. The Hall–Kier alpha value is -1.49. The lowest BCUT2D eigenvalue weighted by Gasteiger charge is -2.28. The molecule has 3 rings (SSSR count). The van der Waals surface area contributed by atoms with E-state index in [9.17, 15) is 0 Å². The van der Waals surface area contributed by atoms with Crippen molar-refractivity contribution in [2.45, 2.75) is 48.7 Å². The highest BCUT2D eigenvalue weighted by molar-refractivity contribution is 7.99. The minimum atomic E-state index is 0.549. The van der Waals surface area contributed by atoms with Gasteiger partial charge in [0.15, 0.2) is 5.16 Å². The summed E-state index contributed by atoms with van der Waals surface area (Å²) in [5, 5.41) is 11.1. The third-order valence-electron chi connectivity index (χ3n) is 3.79. The maximum absolute atomic E-state index is 4.11. The van der Waals surface area contributed by atoms with Crippen LogP contribution in [0.25, 0.3) is 0 Å². The number of benzene rings is 1. The summed E-state index contributed by atoms with van der Waals surface area (Å²) in [6, 6.07) is 9.05. The van der Waals surface area contributed by atoms with Gasteiger partial charge in [0.1, 0.15) is 6.33 Å². The number of hydrogen-bond donors (Lipinski definition) is 2. The molecule has 0 radical (unpaired) electrons. The fraction of sp³-hybridized carbons (Fsp3) is 0.467. The average Bonchev–Trinajstić information content (AvgIpc) is 2.89. The lowest BCUT2D eigenvalue weighted by molar-refractivity contribution is 0.286. The van der Waals surface area contributed by atoms with E-state index in [0.29, 0.717) is 6.04 Å². The molecular formula is C15H20N4S. The largest absolute Gasteiger partial charge is 0.383 e. The number of anilines is 1. The van der Waals surface area contributed by atoms with Crippen molar-refractivity contribution in [2.24, 2.45) is 5.92 Å². The first-order valence-corrected chi connectivity index (χ1v) is 8.01. The first kappa shape index (κ1) is 13.5. The lowest BCUT2D eigenvalue weighted by Crippen LogP contribution is -2.23. The van der Waals surface area contributed by atoms with Gasteiger partial charge in [0.25, 0.3) is 0 Å². The molecule has 1 aromatic heterocycles. The van der Waals surface area contributed by atoms with E-state index < -0.39 is 0 Å². The van der Waals surface area contributed by atoms with Crippen LogP contribution in [-0.2, 0) is 0 Å². The van der Waals surface area contributed by atoms with Crippen molar-refractivity contribution in [1.82, 2.24) is 15.2 Å². The van der Waals surface area contributed by atoms with Crippen LogP contribution in [0.3, 0.4) is 0 Å². The number of H-pyrrole nitrogens is 1. The van der Waals surface area contributed by atoms with E-state index in [1.54, 1.807) is 11.8 Å². The molecule has 2 aromatic rings. The van der Waals surface area contributed by atoms with Crippen molar-refractivity contribution in [3.63, 3.8) is 0 Å². The molecule has 20 heavy (non-hydrogen) atoms. The number of nitrogens with one attached hydrogen (secondary N) is 2. The van der Waals surface area contributed by atoms with Crippen molar-refractivity contribution < 1.29 is 0 Å². The van der Waals surface area contributed by atoms with Gasteiger partial charge in [-0.1, -0.05) is 31.0 Å². The molecule has 1 aromatic carbocycles. The highest BCUT2D eigenvalue weighted by Gasteiger charge is 2.19. The average molecular weight is 288 g/mol. The maximum Gasteiger partial charge on any atom is 0.188 e. The summed E-state index contributed by atoms with van der Waals surface area (Å²) >= 11 is 1.59. The second-order valence-corrected chi connectivity index (χ2v) is 6.56. The number of nitrogens with zero attached hydrogens (tertiary/aromatic N) is 2. The molecule has 2 N–H and O–H groups in total. The predicted molar refractivity (Wildman–Crippen MR) is 82.0 cm³/mol. The van der Waals surface area contributed by atoms with Gasteiger partial charge in [-0.15, -0.1) is 0 Å². The quantitative estimate of drug-likeness (QED) is 0.845. The zero-order valence-electron chi connectivity index (χ0n) is 11.7. The van der Waals surface area contributed by atoms with Gasteiger partial charge >= 0.3 is 0 Å². The molecular weight excluding hydrogens is 268 g/mol. The van der Waals surface area contributed by atoms with Crippen molar-refractivity contribution in [3.05, 3.63) is 30.6 Å². The molecule has 1 aliphatic carbocycles. The Bertz CT molecular complexity index is 519. The highest BCUT2D eigenvalue weighted by atomic mass is 32.2. The van der Waals surface area contributed by atoms with Crippen LogP contribution < -0.4 is 5.32 Å². The van der Waals surface area contributed by atoms with Gasteiger partial charge in [0, 0.05) is 16.6 Å². The third-order valence-corrected chi connectivity index (χ3v) is 4.68. The van der Waals surface area contributed by atoms with E-state index in [0.717, 1.165) is 11.1 Å². The van der Waals surface area contributed by atoms with Crippen LogP contribution in [0.2, 0.25) is 0 Å². The SMILES string of the molecule is CC(CC1CCC1)Nc1ccc(Sc2ncn[nH]2)cc1. The van der Waals surface area contributed by atoms with E-state index in [1.165, 1.54) is 42.6 Å². The minimum Gasteiger partial charge on any atom is -0.383 e. The second-order valence-electron chi connectivity index (χ2n) is 5.50. The first-order chi connectivity index (χ1) is 9.79. The van der Waals surface area contributed by atoms with E-state index in [2.05, 4.69) is 51.7 Å². The number of aromatic amines is 1. The van der Waals surface area contributed by atoms with Crippen molar-refractivity contribution in [3.8, 4) is 0 Å². The topological polar surface area (TPSA) is 53.6 Å². The van der Waals surface area contributed by atoms with Gasteiger partial charge in [-0.2, -0.15) is 5.10 Å². The Kier molecular flexibility index (Phi) is 4.25. The number of aromatic nitrogens is 3. The molecule has 0 bridgehead atoms. The number of hydrogen-bond acceptors (Lipinski definition) is 4. The summed E-state index contributed by atoms with van der Waals surface area (Å²) in [4.78, 5) is 5.28. The van der Waals surface area contributed by atoms with Gasteiger partial charge in [-0.3, -0.25) is 5.10 Å². The van der Waals surface area contributed by atoms with Gasteiger partial charge < -0.3 is 5.32 Å². The molecule has 1 unspecified atom stereocenters. The predicted octanol–water partition coefficient (Wildman–Crippen LogP) is 3.95. The second kappa shape index (κ2) is 6.31. The fourth-order valence-electron chi connectivity index (χ4n) is 2.55. The van der Waals surface area contributed by atoms with Crippen LogP contribution in [-0.4, -0.2) is 21.2 Å². The monoisotopic (exact) mass is 288 g/mol. The molecule has 0 spiro atoms. The minimum absolute atomic E-state index is 0.549. The maximum atomic E-state index is 4.11. The van der Waals surface area contributed by atoms with Gasteiger partial charge in [-0.05, 0) is 43.5 Å². The van der Waals surface area contributed by atoms with Crippen LogP contribution in [0.5, 0.6) is 0 Å². The molecule has 0 aliphatic heterocycles. The smallest absolute Gasteiger partial charge is 0.188 e. The zero-order chi connectivity index (χ0) is 13.8. The fourth-order valence-corrected chi connectivity index (χ4v) is 3.24. The molecule has 5 heteroatoms. The zero-order valence-corrected chi connectivity index (χ0v) is 12.5. The van der Waals surface area contributed by atoms with E-state index in [-0.39, 0.29) is 0 Å². The molecule has 1 heterocycles. The Balaban J connectivity index is 1.52.